The number of hydrogen-bond donors (Lipinski definition) is 0. The fraction of sp³-hybridized carbons (Fsp3) is 0.350. The third kappa shape index (κ3) is 5.64. The maximum atomic E-state index is 14.6. The van der Waals surface area contributed by atoms with Crippen molar-refractivity contribution in [3.05, 3.63) is 58.9 Å². The second-order valence-electron chi connectivity index (χ2n) is 6.14. The van der Waals surface area contributed by atoms with E-state index in [1.807, 2.05) is 6.92 Å². The predicted octanol–water partition coefficient (Wildman–Crippen LogP) is 5.60. The number of alkyl halides is 3. The lowest BCUT2D eigenvalue weighted by Crippen LogP contribution is -2.24. The van der Waals surface area contributed by atoms with Crippen LogP contribution in [0.15, 0.2) is 41.3 Å². The lowest BCUT2D eigenvalue weighted by molar-refractivity contribution is -0.105. The van der Waals surface area contributed by atoms with Gasteiger partial charge in [-0.25, -0.2) is 9.18 Å². The number of carbonyl (C=O) groups excluding carboxylic acids is 1. The first kappa shape index (κ1) is 22.1. The summed E-state index contributed by atoms with van der Waals surface area (Å²) >= 11 is 0.630. The molecule has 0 atom stereocenters. The van der Waals surface area contributed by atoms with Crippen LogP contribution < -0.4 is 4.90 Å². The molecule has 0 saturated carbocycles. The van der Waals surface area contributed by atoms with Crippen molar-refractivity contribution >= 4 is 23.4 Å². The van der Waals surface area contributed by atoms with Crippen molar-refractivity contribution in [1.82, 2.24) is 0 Å². The van der Waals surface area contributed by atoms with Gasteiger partial charge in [0.1, 0.15) is 5.82 Å². The smallest absolute Gasteiger partial charge is 0.398 e. The molecule has 0 aliphatic carbocycles. The Hall–Kier alpha value is -2.22. The van der Waals surface area contributed by atoms with Crippen LogP contribution in [0, 0.1) is 12.7 Å². The first-order valence-electron chi connectivity index (χ1n) is 8.57. The van der Waals surface area contributed by atoms with Gasteiger partial charge in [-0.1, -0.05) is 18.2 Å². The summed E-state index contributed by atoms with van der Waals surface area (Å²) in [5, 5.41) is 0. The molecule has 0 aliphatic heterocycles. The number of nitrogens with zero attached hydrogens (tertiary/aromatic N) is 1. The number of ether oxygens (including phenoxy) is 1. The van der Waals surface area contributed by atoms with E-state index in [0.29, 0.717) is 39.9 Å². The molecule has 2 aromatic carbocycles. The lowest BCUT2D eigenvalue weighted by Gasteiger charge is -2.26. The van der Waals surface area contributed by atoms with Crippen molar-refractivity contribution in [2.24, 2.45) is 0 Å². The molecular formula is C20H21F4NO2S. The van der Waals surface area contributed by atoms with Crippen molar-refractivity contribution in [3.8, 4) is 0 Å². The molecule has 28 heavy (non-hydrogen) atoms. The van der Waals surface area contributed by atoms with Crippen molar-refractivity contribution in [2.75, 3.05) is 24.3 Å². The minimum Gasteiger partial charge on any atom is -0.465 e. The lowest BCUT2D eigenvalue weighted by atomic mass is 10.1. The average molecular weight is 415 g/mol. The van der Waals surface area contributed by atoms with Crippen LogP contribution in [-0.4, -0.2) is 31.6 Å². The third-order valence-corrected chi connectivity index (χ3v) is 5.36. The highest BCUT2D eigenvalue weighted by atomic mass is 32.2. The van der Waals surface area contributed by atoms with Crippen molar-refractivity contribution in [3.63, 3.8) is 0 Å². The maximum absolute atomic E-state index is 14.6. The van der Waals surface area contributed by atoms with Crippen molar-refractivity contribution < 1.29 is 27.1 Å². The van der Waals surface area contributed by atoms with Gasteiger partial charge >= 0.3 is 12.1 Å². The summed E-state index contributed by atoms with van der Waals surface area (Å²) in [6.45, 7) is 4.00. The van der Waals surface area contributed by atoms with Gasteiger partial charge in [0.05, 0.1) is 24.1 Å². The highest BCUT2D eigenvalue weighted by Gasteiger charge is 2.28. The van der Waals surface area contributed by atoms with E-state index in [2.05, 4.69) is 0 Å². The molecule has 0 aliphatic rings. The summed E-state index contributed by atoms with van der Waals surface area (Å²) in [6.07, 6.45) is -4.31. The normalized spacial score (nSPS) is 11.4. The van der Waals surface area contributed by atoms with E-state index in [1.54, 1.807) is 36.1 Å². The fourth-order valence-corrected chi connectivity index (χ4v) is 3.54. The number of esters is 1. The molecule has 0 bridgehead atoms. The van der Waals surface area contributed by atoms with Gasteiger partial charge in [-0.3, -0.25) is 0 Å². The van der Waals surface area contributed by atoms with Gasteiger partial charge in [0, 0.05) is 18.0 Å². The maximum Gasteiger partial charge on any atom is 0.398 e. The summed E-state index contributed by atoms with van der Waals surface area (Å²) in [4.78, 5) is 14.0. The standard InChI is InChI=1S/C20H21F4NO2S/c1-4-25(11-14-7-5-6-8-15(14)19(26)27-3)17-10-18(13(2)9-16(17)21)28-12-20(22,23)24/h5-10H,4,11-12H2,1-3H3. The zero-order valence-corrected chi connectivity index (χ0v) is 16.6. The van der Waals surface area contributed by atoms with Crippen molar-refractivity contribution in [1.29, 1.82) is 0 Å². The number of thioether (sulfide) groups is 1. The van der Waals surface area contributed by atoms with Crippen LogP contribution in [0.3, 0.4) is 0 Å². The summed E-state index contributed by atoms with van der Waals surface area (Å²) in [7, 11) is 1.28. The fourth-order valence-electron chi connectivity index (χ4n) is 2.74. The van der Waals surface area contributed by atoms with E-state index in [-0.39, 0.29) is 12.2 Å². The predicted molar refractivity (Wildman–Crippen MR) is 102 cm³/mol. The molecule has 0 aromatic heterocycles. The zero-order chi connectivity index (χ0) is 20.9. The van der Waals surface area contributed by atoms with Gasteiger partial charge in [0.15, 0.2) is 0 Å². The van der Waals surface area contributed by atoms with Crippen molar-refractivity contribution in [2.45, 2.75) is 31.5 Å². The van der Waals surface area contributed by atoms with Gasteiger partial charge in [-0.2, -0.15) is 13.2 Å². The number of rotatable bonds is 7. The number of aryl methyl sites for hydroxylation is 1. The Kier molecular flexibility index (Phi) is 7.35. The number of benzene rings is 2. The quantitative estimate of drug-likeness (QED) is 0.334. The van der Waals surface area contributed by atoms with Crippen LogP contribution in [-0.2, 0) is 11.3 Å². The van der Waals surface area contributed by atoms with E-state index in [0.717, 1.165) is 0 Å². The Balaban J connectivity index is 2.35. The number of carbonyl (C=O) groups is 1. The van der Waals surface area contributed by atoms with Gasteiger partial charge in [0.2, 0.25) is 0 Å². The molecule has 0 saturated heterocycles. The molecular weight excluding hydrogens is 394 g/mol. The molecule has 2 rings (SSSR count). The molecule has 0 amide bonds. The van der Waals surface area contributed by atoms with Gasteiger partial charge in [-0.05, 0) is 43.2 Å². The first-order valence-corrected chi connectivity index (χ1v) is 9.55. The minimum atomic E-state index is -4.31. The highest BCUT2D eigenvalue weighted by Crippen LogP contribution is 2.34. The largest absolute Gasteiger partial charge is 0.465 e. The van der Waals surface area contributed by atoms with Gasteiger partial charge in [0.25, 0.3) is 0 Å². The van der Waals surface area contributed by atoms with E-state index in [1.165, 1.54) is 19.2 Å². The second-order valence-corrected chi connectivity index (χ2v) is 7.15. The Labute approximate surface area is 165 Å². The van der Waals surface area contributed by atoms with Crippen LogP contribution in [0.4, 0.5) is 23.2 Å². The Morgan fingerprint density at radius 2 is 1.89 bits per heavy atom. The number of anilines is 1. The molecule has 8 heteroatoms. The number of halogens is 4. The third-order valence-electron chi connectivity index (χ3n) is 4.14. The molecule has 0 radical (unpaired) electrons. The molecule has 0 N–H and O–H groups in total. The summed E-state index contributed by atoms with van der Waals surface area (Å²) in [6, 6.07) is 9.48. The first-order chi connectivity index (χ1) is 13.2. The number of methoxy groups -OCH3 is 1. The van der Waals surface area contributed by atoms with Crippen LogP contribution in [0.2, 0.25) is 0 Å². The monoisotopic (exact) mass is 415 g/mol. The molecule has 0 fully saturated rings. The number of hydrogen-bond acceptors (Lipinski definition) is 4. The minimum absolute atomic E-state index is 0.192. The van der Waals surface area contributed by atoms with Crippen LogP contribution >= 0.6 is 11.8 Å². The van der Waals surface area contributed by atoms with Crippen LogP contribution in [0.5, 0.6) is 0 Å². The molecule has 3 nitrogen and oxygen atoms in total. The summed E-state index contributed by atoms with van der Waals surface area (Å²) in [5.74, 6) is -2.07. The Morgan fingerprint density at radius 1 is 1.21 bits per heavy atom. The molecule has 0 unspecified atom stereocenters. The molecule has 0 heterocycles. The topological polar surface area (TPSA) is 29.5 Å². The van der Waals surface area contributed by atoms with Crippen LogP contribution in [0.1, 0.15) is 28.4 Å². The molecule has 0 spiro atoms. The molecule has 2 aromatic rings. The average Bonchev–Trinajstić information content (AvgIpc) is 2.64. The summed E-state index contributed by atoms with van der Waals surface area (Å²) < 4.78 is 57.1. The van der Waals surface area contributed by atoms with E-state index in [9.17, 15) is 22.4 Å². The molecule has 152 valence electrons. The van der Waals surface area contributed by atoms with E-state index >= 15 is 0 Å². The van der Waals surface area contributed by atoms with Gasteiger partial charge < -0.3 is 9.64 Å². The SMILES string of the molecule is CCN(Cc1ccccc1C(=O)OC)c1cc(SCC(F)(F)F)c(C)cc1F. The van der Waals surface area contributed by atoms with E-state index < -0.39 is 23.7 Å². The highest BCUT2D eigenvalue weighted by molar-refractivity contribution is 7.99. The summed E-state index contributed by atoms with van der Waals surface area (Å²) in [5.41, 5.74) is 1.64. The second kappa shape index (κ2) is 9.32. The van der Waals surface area contributed by atoms with Crippen LogP contribution in [0.25, 0.3) is 0 Å². The van der Waals surface area contributed by atoms with Gasteiger partial charge in [-0.15, -0.1) is 11.8 Å². The zero-order valence-electron chi connectivity index (χ0n) is 15.8. The Morgan fingerprint density at radius 3 is 2.50 bits per heavy atom. The Bertz CT molecular complexity index is 839. The van der Waals surface area contributed by atoms with E-state index in [4.69, 9.17) is 4.74 Å².